The lowest BCUT2D eigenvalue weighted by atomic mass is 9.88. The van der Waals surface area contributed by atoms with E-state index in [1.54, 1.807) is 0 Å². The molecular weight excluding hydrogens is 476 g/mol. The van der Waals surface area contributed by atoms with Crippen LogP contribution in [0.1, 0.15) is 42.5 Å². The minimum absolute atomic E-state index is 0.00345. The van der Waals surface area contributed by atoms with Crippen LogP contribution in [0.15, 0.2) is 36.9 Å². The number of anilines is 2. The molecule has 8 nitrogen and oxygen atoms in total. The van der Waals surface area contributed by atoms with Crippen molar-refractivity contribution in [2.75, 3.05) is 62.7 Å². The second kappa shape index (κ2) is 10.9. The van der Waals surface area contributed by atoms with Crippen molar-refractivity contribution in [1.29, 1.82) is 0 Å². The van der Waals surface area contributed by atoms with Crippen molar-refractivity contribution in [3.05, 3.63) is 53.7 Å². The summed E-state index contributed by atoms with van der Waals surface area (Å²) in [5.74, 6) is 1.01. The number of piperazine rings is 1. The number of benzene rings is 1. The number of ether oxygens (including phenoxy) is 1. The zero-order valence-corrected chi connectivity index (χ0v) is 22.6. The van der Waals surface area contributed by atoms with Crippen molar-refractivity contribution >= 4 is 17.4 Å². The Kier molecular flexibility index (Phi) is 7.24. The number of hydrogen-bond acceptors (Lipinski definition) is 7. The predicted octanol–water partition coefficient (Wildman–Crippen LogP) is 3.09. The molecule has 1 aromatic heterocycles. The molecule has 4 heterocycles. The van der Waals surface area contributed by atoms with Gasteiger partial charge >= 0.3 is 6.01 Å². The Morgan fingerprint density at radius 1 is 1.05 bits per heavy atom. The lowest BCUT2D eigenvalue weighted by Gasteiger charge is -2.41. The summed E-state index contributed by atoms with van der Waals surface area (Å²) in [6.45, 7) is 9.38. The summed E-state index contributed by atoms with van der Waals surface area (Å²) in [6, 6.07) is 10.2. The lowest BCUT2D eigenvalue weighted by Crippen LogP contribution is -2.49. The Bertz CT molecular complexity index is 1180. The Labute approximate surface area is 226 Å². The molecule has 1 aliphatic carbocycles. The summed E-state index contributed by atoms with van der Waals surface area (Å²) in [6.07, 6.45) is 9.12. The van der Waals surface area contributed by atoms with E-state index in [4.69, 9.17) is 14.7 Å². The Morgan fingerprint density at radius 3 is 2.68 bits per heavy atom. The van der Waals surface area contributed by atoms with E-state index in [-0.39, 0.29) is 5.91 Å². The van der Waals surface area contributed by atoms with Gasteiger partial charge in [-0.2, -0.15) is 9.97 Å². The van der Waals surface area contributed by atoms with Crippen LogP contribution in [0.25, 0.3) is 0 Å². The Hall–Kier alpha value is -3.13. The van der Waals surface area contributed by atoms with Crippen LogP contribution in [-0.4, -0.2) is 90.7 Å². The second-order valence-corrected chi connectivity index (χ2v) is 11.2. The minimum atomic E-state index is 0.00345. The molecule has 6 rings (SSSR count). The van der Waals surface area contributed by atoms with Gasteiger partial charge in [-0.15, -0.1) is 0 Å². The minimum Gasteiger partial charge on any atom is -0.462 e. The van der Waals surface area contributed by atoms with Gasteiger partial charge in [0.2, 0.25) is 5.91 Å². The molecule has 1 unspecified atom stereocenters. The number of aromatic nitrogens is 2. The summed E-state index contributed by atoms with van der Waals surface area (Å²) in [4.78, 5) is 31.4. The predicted molar refractivity (Wildman–Crippen MR) is 150 cm³/mol. The monoisotopic (exact) mass is 516 g/mol. The third kappa shape index (κ3) is 4.98. The van der Waals surface area contributed by atoms with E-state index >= 15 is 0 Å². The maximum absolute atomic E-state index is 12.1. The number of fused-ring (bicyclic) bond motifs is 2. The van der Waals surface area contributed by atoms with Crippen LogP contribution >= 0.6 is 0 Å². The van der Waals surface area contributed by atoms with Crippen LogP contribution in [0.2, 0.25) is 0 Å². The van der Waals surface area contributed by atoms with Crippen molar-refractivity contribution in [1.82, 2.24) is 19.8 Å². The topological polar surface area (TPSA) is 65.0 Å². The highest BCUT2D eigenvalue weighted by Gasteiger charge is 2.33. The highest BCUT2D eigenvalue weighted by atomic mass is 16.5. The Morgan fingerprint density at radius 2 is 1.89 bits per heavy atom. The molecule has 4 aliphatic rings. The molecule has 0 N–H and O–H groups in total. The van der Waals surface area contributed by atoms with E-state index in [0.29, 0.717) is 37.8 Å². The van der Waals surface area contributed by atoms with Crippen LogP contribution in [0, 0.1) is 0 Å². The summed E-state index contributed by atoms with van der Waals surface area (Å²) in [5.41, 5.74) is 5.25. The number of rotatable bonds is 6. The first-order valence-electron chi connectivity index (χ1n) is 14.3. The molecule has 0 radical (unpaired) electrons. The largest absolute Gasteiger partial charge is 0.462 e. The molecule has 1 amide bonds. The number of hydrogen-bond donors (Lipinski definition) is 0. The first-order valence-corrected chi connectivity index (χ1v) is 14.3. The van der Waals surface area contributed by atoms with Crippen LogP contribution in [0.5, 0.6) is 6.01 Å². The highest BCUT2D eigenvalue weighted by molar-refractivity contribution is 5.87. The van der Waals surface area contributed by atoms with Gasteiger partial charge in [-0.3, -0.25) is 4.79 Å². The molecule has 2 atom stereocenters. The molecular formula is C30H40N6O2. The van der Waals surface area contributed by atoms with Crippen molar-refractivity contribution in [3.63, 3.8) is 0 Å². The van der Waals surface area contributed by atoms with Crippen molar-refractivity contribution < 1.29 is 9.53 Å². The number of carbonyl (C=O) groups excluding carboxylic acids is 1. The number of carbonyl (C=O) groups is 1. The van der Waals surface area contributed by atoms with Crippen LogP contribution < -0.4 is 14.5 Å². The van der Waals surface area contributed by atoms with Gasteiger partial charge < -0.3 is 24.3 Å². The van der Waals surface area contributed by atoms with Gasteiger partial charge in [0.05, 0.1) is 5.69 Å². The maximum atomic E-state index is 12.1. The fraction of sp³-hybridized carbons (Fsp3) is 0.567. The normalized spacial score (nSPS) is 23.7. The first kappa shape index (κ1) is 25.2. The lowest BCUT2D eigenvalue weighted by molar-refractivity contribution is -0.126. The zero-order chi connectivity index (χ0) is 26.1. The highest BCUT2D eigenvalue weighted by Crippen LogP contribution is 2.36. The van der Waals surface area contributed by atoms with Gasteiger partial charge in [0, 0.05) is 62.5 Å². The smallest absolute Gasteiger partial charge is 0.318 e. The Balaban J connectivity index is 1.26. The molecule has 3 aliphatic heterocycles. The summed E-state index contributed by atoms with van der Waals surface area (Å²) in [5, 5.41) is 0. The third-order valence-corrected chi connectivity index (χ3v) is 8.94. The number of likely N-dealkylation sites (N-methyl/N-ethyl adjacent to an activating group) is 1. The molecule has 0 saturated carbocycles. The molecule has 0 spiro atoms. The zero-order valence-electron chi connectivity index (χ0n) is 22.6. The van der Waals surface area contributed by atoms with Crippen LogP contribution in [0.4, 0.5) is 11.5 Å². The molecule has 38 heavy (non-hydrogen) atoms. The molecule has 8 heteroatoms. The fourth-order valence-electron chi connectivity index (χ4n) is 6.72. The van der Waals surface area contributed by atoms with E-state index in [2.05, 4.69) is 52.6 Å². The van der Waals surface area contributed by atoms with Crippen LogP contribution in [-0.2, 0) is 24.1 Å². The summed E-state index contributed by atoms with van der Waals surface area (Å²) >= 11 is 0. The van der Waals surface area contributed by atoms with Crippen molar-refractivity contribution in [2.24, 2.45) is 0 Å². The quantitative estimate of drug-likeness (QED) is 0.547. The SMILES string of the molecule is C=CC(=O)N1CCN(c2nc(OCC3CCCN3C)nc3c2CC[C@H](N2CCCc4ccccc42)C3)CC1. The number of likely N-dealkylation sites (tertiary alicyclic amines) is 1. The molecule has 2 aromatic rings. The molecule has 0 bridgehead atoms. The molecule has 202 valence electrons. The van der Waals surface area contributed by atoms with Gasteiger partial charge in [-0.05, 0) is 69.8 Å². The van der Waals surface area contributed by atoms with Crippen molar-refractivity contribution in [2.45, 2.75) is 57.0 Å². The van der Waals surface area contributed by atoms with Gasteiger partial charge in [0.1, 0.15) is 12.4 Å². The molecule has 2 saturated heterocycles. The number of aryl methyl sites for hydroxylation is 1. The summed E-state index contributed by atoms with van der Waals surface area (Å²) < 4.78 is 6.29. The number of para-hydroxylation sites is 1. The first-order chi connectivity index (χ1) is 18.6. The molecule has 1 aromatic carbocycles. The van der Waals surface area contributed by atoms with Crippen molar-refractivity contribution in [3.8, 4) is 6.01 Å². The van der Waals surface area contributed by atoms with Gasteiger partial charge in [0.25, 0.3) is 0 Å². The summed E-state index contributed by atoms with van der Waals surface area (Å²) in [7, 11) is 2.17. The second-order valence-electron chi connectivity index (χ2n) is 11.2. The number of amides is 1. The van der Waals surface area contributed by atoms with E-state index in [9.17, 15) is 4.79 Å². The van der Waals surface area contributed by atoms with E-state index < -0.39 is 0 Å². The average molecular weight is 517 g/mol. The van der Waals surface area contributed by atoms with E-state index in [0.717, 1.165) is 69.8 Å². The number of nitrogens with zero attached hydrogens (tertiary/aromatic N) is 6. The van der Waals surface area contributed by atoms with Gasteiger partial charge in [-0.25, -0.2) is 0 Å². The molecule has 2 fully saturated rings. The van der Waals surface area contributed by atoms with E-state index in [1.807, 2.05) is 4.90 Å². The van der Waals surface area contributed by atoms with Gasteiger partial charge in [-0.1, -0.05) is 24.8 Å². The van der Waals surface area contributed by atoms with Gasteiger partial charge in [0.15, 0.2) is 0 Å². The van der Waals surface area contributed by atoms with Crippen LogP contribution in [0.3, 0.4) is 0 Å². The average Bonchev–Trinajstić information content (AvgIpc) is 3.39. The maximum Gasteiger partial charge on any atom is 0.318 e. The fourth-order valence-corrected chi connectivity index (χ4v) is 6.72. The standard InChI is InChI=1S/C30H40N6O2/c1-3-28(37)34-16-18-35(19-17-34)29-25-13-12-23(36-15-6-9-22-8-4-5-11-27(22)36)20-26(25)31-30(32-29)38-21-24-10-7-14-33(24)2/h3-5,8,11,23-24H,1,6-7,9-10,12-21H2,2H3/t23-,24?/m0/s1. The van der Waals surface area contributed by atoms with E-state index in [1.165, 1.54) is 35.7 Å². The third-order valence-electron chi connectivity index (χ3n) is 8.94.